The van der Waals surface area contributed by atoms with Crippen molar-refractivity contribution in [3.05, 3.63) is 77.9 Å². The Kier molecular flexibility index (Phi) is 12.2. The molecule has 0 fully saturated rings. The van der Waals surface area contributed by atoms with Crippen molar-refractivity contribution in [3.8, 4) is 18.0 Å². The SMILES string of the molecule is COc1nc(Nc2ccccc2)nc(Nc2ccc(C=Cc3ccc(Nc4nc(OC)nc(OC)n4)cc3S(=O)(=O)[O-])c(S(=O)(=O)O)c2)n1.[H+].[H-].[Na+]. The molecule has 0 spiro atoms. The fourth-order valence-corrected chi connectivity index (χ4v) is 5.57. The summed E-state index contributed by atoms with van der Waals surface area (Å²) in [6.07, 6.45) is 2.43. The monoisotopic (exact) mass is 733 g/mol. The van der Waals surface area contributed by atoms with Gasteiger partial charge in [-0.3, -0.25) is 4.55 Å². The van der Waals surface area contributed by atoms with Crippen LogP contribution in [0.15, 0.2) is 76.5 Å². The molecule has 0 bridgehead atoms. The Bertz CT molecular complexity index is 2240. The van der Waals surface area contributed by atoms with Crippen LogP contribution in [-0.2, 0) is 20.2 Å². The maximum Gasteiger partial charge on any atom is 1.00 e. The third kappa shape index (κ3) is 9.81. The number of anilines is 6. The van der Waals surface area contributed by atoms with Gasteiger partial charge in [0, 0.05) is 17.1 Å². The fourth-order valence-electron chi connectivity index (χ4n) is 4.16. The Morgan fingerprint density at radius 2 is 1.06 bits per heavy atom. The quantitative estimate of drug-likeness (QED) is 0.0744. The normalized spacial score (nSPS) is 11.4. The van der Waals surface area contributed by atoms with E-state index < -0.39 is 30.0 Å². The summed E-state index contributed by atoms with van der Waals surface area (Å²) in [6, 6.07) is 16.5. The van der Waals surface area contributed by atoms with Gasteiger partial charge in [-0.05, 0) is 47.5 Å². The number of nitrogens with zero attached hydrogens (tertiary/aromatic N) is 6. The van der Waals surface area contributed by atoms with Crippen LogP contribution in [-0.4, -0.2) is 77.2 Å². The molecule has 4 N–H and O–H groups in total. The first-order valence-corrected chi connectivity index (χ1v) is 16.6. The van der Waals surface area contributed by atoms with Crippen molar-refractivity contribution in [2.75, 3.05) is 37.3 Å². The van der Waals surface area contributed by atoms with Crippen molar-refractivity contribution in [1.82, 2.24) is 29.9 Å². The van der Waals surface area contributed by atoms with Crippen LogP contribution in [0.2, 0.25) is 0 Å². The fraction of sp³-hybridized carbons (Fsp3) is 0.103. The van der Waals surface area contributed by atoms with E-state index in [0.29, 0.717) is 5.69 Å². The Balaban J connectivity index is 0.00000312. The van der Waals surface area contributed by atoms with E-state index in [1.165, 1.54) is 57.7 Å². The molecule has 0 saturated heterocycles. The number of methoxy groups -OCH3 is 3. The average Bonchev–Trinajstić information content (AvgIpc) is 3.07. The van der Waals surface area contributed by atoms with Gasteiger partial charge in [0.25, 0.3) is 10.1 Å². The second-order valence-corrected chi connectivity index (χ2v) is 12.3. The summed E-state index contributed by atoms with van der Waals surface area (Å²) in [5.41, 5.74) is 0.857. The van der Waals surface area contributed by atoms with Crippen LogP contribution >= 0.6 is 0 Å². The second kappa shape index (κ2) is 16.2. The van der Waals surface area contributed by atoms with E-state index >= 15 is 0 Å². The van der Waals surface area contributed by atoms with Crippen molar-refractivity contribution in [1.29, 1.82) is 0 Å². The first kappa shape index (κ1) is 37.9. The molecule has 50 heavy (non-hydrogen) atoms. The van der Waals surface area contributed by atoms with Gasteiger partial charge in [0.1, 0.15) is 15.0 Å². The largest absolute Gasteiger partial charge is 1.00 e. The molecule has 0 atom stereocenters. The molecule has 256 valence electrons. The maximum atomic E-state index is 12.4. The number of benzene rings is 3. The van der Waals surface area contributed by atoms with Crippen LogP contribution in [0.1, 0.15) is 14.0 Å². The maximum absolute atomic E-state index is 12.4. The van der Waals surface area contributed by atoms with Crippen LogP contribution in [0.5, 0.6) is 18.0 Å². The van der Waals surface area contributed by atoms with Crippen molar-refractivity contribution in [3.63, 3.8) is 0 Å². The molecule has 0 aliphatic carbocycles. The van der Waals surface area contributed by atoms with E-state index in [2.05, 4.69) is 45.9 Å². The van der Waals surface area contributed by atoms with Crippen LogP contribution in [0.25, 0.3) is 12.2 Å². The van der Waals surface area contributed by atoms with Crippen LogP contribution in [0.3, 0.4) is 0 Å². The van der Waals surface area contributed by atoms with Crippen LogP contribution < -0.4 is 59.7 Å². The van der Waals surface area contributed by atoms with Gasteiger partial charge in [0.15, 0.2) is 0 Å². The predicted molar refractivity (Wildman–Crippen MR) is 177 cm³/mol. The third-order valence-corrected chi connectivity index (χ3v) is 8.12. The van der Waals surface area contributed by atoms with Gasteiger partial charge in [-0.25, -0.2) is 8.42 Å². The molecule has 3 aromatic carbocycles. The minimum Gasteiger partial charge on any atom is -1.00 e. The first-order valence-electron chi connectivity index (χ1n) is 13.7. The number of para-hydroxylation sites is 1. The van der Waals surface area contributed by atoms with Crippen molar-refractivity contribution >= 4 is 67.3 Å². The minimum absolute atomic E-state index is 0. The van der Waals surface area contributed by atoms with Gasteiger partial charge >= 0.3 is 49.0 Å². The molecule has 5 rings (SSSR count). The molecule has 21 heteroatoms. The van der Waals surface area contributed by atoms with Crippen molar-refractivity contribution < 1.29 is 72.6 Å². The molecule has 0 saturated carbocycles. The molecule has 0 radical (unpaired) electrons. The molecule has 0 aliphatic rings. The van der Waals surface area contributed by atoms with E-state index in [-0.39, 0.29) is 90.8 Å². The van der Waals surface area contributed by atoms with Gasteiger partial charge in [-0.2, -0.15) is 33.3 Å². The summed E-state index contributed by atoms with van der Waals surface area (Å²) in [5, 5.41) is 8.60. The molecular weight excluding hydrogens is 705 g/mol. The number of nitrogens with one attached hydrogen (secondary N) is 3. The molecule has 0 amide bonds. The summed E-state index contributed by atoms with van der Waals surface area (Å²) in [6.45, 7) is 0. The van der Waals surface area contributed by atoms with Crippen LogP contribution in [0.4, 0.5) is 34.9 Å². The molecule has 2 heterocycles. The predicted octanol–water partition coefficient (Wildman–Crippen LogP) is 0.863. The zero-order valence-electron chi connectivity index (χ0n) is 28.7. The van der Waals surface area contributed by atoms with E-state index in [1.54, 1.807) is 12.1 Å². The number of ether oxygens (including phenoxy) is 3. The Labute approximate surface area is 311 Å². The van der Waals surface area contributed by atoms with Gasteiger partial charge < -0.3 is 36.1 Å². The molecule has 0 aliphatic heterocycles. The number of aromatic nitrogens is 6. The molecular formula is C29H28N9NaO9S2. The van der Waals surface area contributed by atoms with Gasteiger partial charge in [0.2, 0.25) is 17.8 Å². The second-order valence-electron chi connectivity index (χ2n) is 9.61. The van der Waals surface area contributed by atoms with E-state index in [1.807, 2.05) is 18.2 Å². The Morgan fingerprint density at radius 1 is 0.640 bits per heavy atom. The van der Waals surface area contributed by atoms with E-state index in [9.17, 15) is 25.9 Å². The van der Waals surface area contributed by atoms with Crippen molar-refractivity contribution in [2.24, 2.45) is 0 Å². The summed E-state index contributed by atoms with van der Waals surface area (Å²) >= 11 is 0. The van der Waals surface area contributed by atoms with E-state index in [0.717, 1.165) is 12.1 Å². The van der Waals surface area contributed by atoms with Crippen molar-refractivity contribution in [2.45, 2.75) is 9.79 Å². The summed E-state index contributed by atoms with van der Waals surface area (Å²) in [5.74, 6) is 0.0585. The third-order valence-electron chi connectivity index (χ3n) is 6.32. The smallest absolute Gasteiger partial charge is 1.00 e. The number of rotatable bonds is 13. The molecule has 2 aromatic heterocycles. The summed E-state index contributed by atoms with van der Waals surface area (Å²) in [7, 11) is -5.85. The minimum atomic E-state index is -5.04. The zero-order valence-corrected chi connectivity index (χ0v) is 30.4. The van der Waals surface area contributed by atoms with Gasteiger partial charge in [0.05, 0.1) is 26.2 Å². The first-order chi connectivity index (χ1) is 23.3. The Hall–Kier alpha value is -4.96. The van der Waals surface area contributed by atoms with Gasteiger partial charge in [-0.1, -0.05) is 42.5 Å². The van der Waals surface area contributed by atoms with Crippen LogP contribution in [0, 0.1) is 0 Å². The Morgan fingerprint density at radius 3 is 1.52 bits per heavy atom. The summed E-state index contributed by atoms with van der Waals surface area (Å²) < 4.78 is 86.6. The summed E-state index contributed by atoms with van der Waals surface area (Å²) in [4.78, 5) is 23.2. The average molecular weight is 734 g/mol. The standard InChI is InChI=1S/C29H27N9O9S2.Na.H/c1-45-27-34-24(30-19-7-5-4-6-8-19)33-25(35-27)31-20-13-11-17(22(15-20)48(39,40)41)9-10-18-12-14-21(16-23(18)49(42,43)44)32-26-36-28(46-2)38-29(37-26)47-3;;/h4-16H,1-3H3,(H,39,40,41)(H,42,43,44)(H,32,36,37,38)(H2,30,31,33,34,35);;/q;+1;-1. The zero-order chi connectivity index (χ0) is 35.2. The van der Waals surface area contributed by atoms with Gasteiger partial charge in [-0.15, -0.1) is 4.98 Å². The molecule has 0 unspecified atom stereocenters. The number of hydrogen-bond acceptors (Lipinski definition) is 17. The molecule has 5 aromatic rings. The number of hydrogen-bond donors (Lipinski definition) is 4. The topological polar surface area (TPSA) is 253 Å². The van der Waals surface area contributed by atoms with E-state index in [4.69, 9.17) is 14.2 Å². The molecule has 18 nitrogen and oxygen atoms in total.